The molecule has 0 aliphatic carbocycles. The molecule has 0 N–H and O–H groups in total. The Morgan fingerprint density at radius 3 is 1.43 bits per heavy atom. The zero-order valence-electron chi connectivity index (χ0n) is 30.1. The first-order valence-electron chi connectivity index (χ1n) is 18.7. The Morgan fingerprint density at radius 1 is 0.304 bits per heavy atom. The summed E-state index contributed by atoms with van der Waals surface area (Å²) in [4.78, 5) is 15.6. The number of aromatic nitrogens is 3. The van der Waals surface area contributed by atoms with Gasteiger partial charge in [-0.05, 0) is 46.0 Å². The molecule has 0 atom stereocenters. The summed E-state index contributed by atoms with van der Waals surface area (Å²) in [5.74, 6) is 1.80. The van der Waals surface area contributed by atoms with Gasteiger partial charge in [0.05, 0.1) is 5.56 Å². The van der Waals surface area contributed by atoms with E-state index in [2.05, 4.69) is 152 Å². The summed E-state index contributed by atoms with van der Waals surface area (Å²) in [6, 6.07) is 65.5. The molecule has 0 aliphatic heterocycles. The highest BCUT2D eigenvalue weighted by molar-refractivity contribution is 7.26. The van der Waals surface area contributed by atoms with Gasteiger partial charge in [0.1, 0.15) is 11.2 Å². The summed E-state index contributed by atoms with van der Waals surface area (Å²) in [5.41, 5.74) is 11.2. The van der Waals surface area contributed by atoms with Crippen molar-refractivity contribution in [2.45, 2.75) is 0 Å². The molecule has 11 aromatic rings. The first-order valence-corrected chi connectivity index (χ1v) is 19.5. The van der Waals surface area contributed by atoms with Gasteiger partial charge in [0.25, 0.3) is 0 Å². The number of hydrogen-bond donors (Lipinski definition) is 0. The average molecular weight is 734 g/mol. The van der Waals surface area contributed by atoms with Gasteiger partial charge in [0.15, 0.2) is 17.5 Å². The highest BCUT2D eigenvalue weighted by Gasteiger charge is 2.21. The minimum atomic E-state index is 0.564. The van der Waals surface area contributed by atoms with E-state index in [-0.39, 0.29) is 0 Å². The number of nitrogens with zero attached hydrogens (tertiary/aromatic N) is 3. The zero-order chi connectivity index (χ0) is 37.0. The van der Waals surface area contributed by atoms with Crippen molar-refractivity contribution in [3.8, 4) is 67.5 Å². The van der Waals surface area contributed by atoms with Crippen LogP contribution in [0.1, 0.15) is 0 Å². The molecule has 0 aliphatic rings. The van der Waals surface area contributed by atoms with Gasteiger partial charge in [-0.25, -0.2) is 15.0 Å². The SMILES string of the molecule is c1ccc(-c2cccc(-c3cccc4c3oc3c(-c5nc(-c6ccccc6)nc(-c6cccc7c6sc6c(-c8ccccc8)cccc67)n5)cccc34)c2)cc1. The lowest BCUT2D eigenvalue weighted by Gasteiger charge is -2.09. The largest absolute Gasteiger partial charge is 0.455 e. The predicted octanol–water partition coefficient (Wildman–Crippen LogP) is 14.1. The number of fused-ring (bicyclic) bond motifs is 6. The highest BCUT2D eigenvalue weighted by Crippen LogP contribution is 2.44. The molecule has 3 aromatic heterocycles. The second-order valence-corrected chi connectivity index (χ2v) is 14.9. The van der Waals surface area contributed by atoms with Gasteiger partial charge in [-0.15, -0.1) is 11.3 Å². The second-order valence-electron chi connectivity index (χ2n) is 13.9. The third-order valence-electron chi connectivity index (χ3n) is 10.6. The van der Waals surface area contributed by atoms with Crippen molar-refractivity contribution >= 4 is 53.4 Å². The van der Waals surface area contributed by atoms with Crippen LogP contribution in [0.25, 0.3) is 110 Å². The molecule has 0 fully saturated rings. The molecule has 0 saturated heterocycles. The Balaban J connectivity index is 1.11. The molecule has 0 unspecified atom stereocenters. The first kappa shape index (κ1) is 32.2. The van der Waals surface area contributed by atoms with Crippen LogP contribution in [0.15, 0.2) is 192 Å². The number of hydrogen-bond acceptors (Lipinski definition) is 5. The Kier molecular flexibility index (Phi) is 7.64. The first-order chi connectivity index (χ1) is 27.8. The van der Waals surface area contributed by atoms with Crippen LogP contribution in [0.4, 0.5) is 0 Å². The molecular weight excluding hydrogens is 703 g/mol. The summed E-state index contributed by atoms with van der Waals surface area (Å²) in [6.07, 6.45) is 0. The fourth-order valence-electron chi connectivity index (χ4n) is 7.89. The van der Waals surface area contributed by atoms with Gasteiger partial charge < -0.3 is 4.42 Å². The molecule has 11 rings (SSSR count). The van der Waals surface area contributed by atoms with Gasteiger partial charge in [0, 0.05) is 47.6 Å². The summed E-state index contributed by atoms with van der Waals surface area (Å²) >= 11 is 1.79. The Hall–Kier alpha value is -7.21. The van der Waals surface area contributed by atoms with Crippen molar-refractivity contribution in [2.24, 2.45) is 0 Å². The lowest BCUT2D eigenvalue weighted by atomic mass is 9.97. The van der Waals surface area contributed by atoms with Crippen LogP contribution < -0.4 is 0 Å². The normalized spacial score (nSPS) is 11.6. The molecule has 262 valence electrons. The monoisotopic (exact) mass is 733 g/mol. The summed E-state index contributed by atoms with van der Waals surface area (Å²) in [5, 5.41) is 4.47. The number of para-hydroxylation sites is 2. The molecular formula is C51H31N3OS. The maximum Gasteiger partial charge on any atom is 0.167 e. The number of rotatable bonds is 6. The number of thiophene rings is 1. The van der Waals surface area contributed by atoms with E-state index < -0.39 is 0 Å². The summed E-state index contributed by atoms with van der Waals surface area (Å²) in [7, 11) is 0. The molecule has 5 heteroatoms. The van der Waals surface area contributed by atoms with Gasteiger partial charge in [0.2, 0.25) is 0 Å². The Labute approximate surface area is 327 Å². The van der Waals surface area contributed by atoms with E-state index in [0.29, 0.717) is 17.5 Å². The standard InChI is InChI=1S/C51H31N3OS/c1-4-15-32(16-5-1)35-21-10-22-36(31-35)37-23-11-25-39-40-26-13-29-43(46(40)55-45(37)39)50-52-49(34-19-8-3-9-20-34)53-51(54-50)44-30-14-28-42-41-27-12-24-38(47(41)56-48(42)44)33-17-6-2-7-18-33/h1-31H. The maximum atomic E-state index is 6.93. The van der Waals surface area contributed by atoms with Crippen molar-refractivity contribution in [2.75, 3.05) is 0 Å². The Morgan fingerprint density at radius 2 is 0.750 bits per heavy atom. The summed E-state index contributed by atoms with van der Waals surface area (Å²) < 4.78 is 9.32. The molecule has 8 aromatic carbocycles. The van der Waals surface area contributed by atoms with Crippen LogP contribution in [-0.2, 0) is 0 Å². The van der Waals surface area contributed by atoms with E-state index >= 15 is 0 Å². The van der Waals surface area contributed by atoms with Crippen LogP contribution in [0.2, 0.25) is 0 Å². The topological polar surface area (TPSA) is 51.8 Å². The van der Waals surface area contributed by atoms with Gasteiger partial charge in [-0.2, -0.15) is 0 Å². The van der Waals surface area contributed by atoms with E-state index in [0.717, 1.165) is 60.0 Å². The van der Waals surface area contributed by atoms with Crippen molar-refractivity contribution in [3.05, 3.63) is 188 Å². The summed E-state index contributed by atoms with van der Waals surface area (Å²) in [6.45, 7) is 0. The quantitative estimate of drug-likeness (QED) is 0.171. The van der Waals surface area contributed by atoms with Crippen molar-refractivity contribution < 1.29 is 4.42 Å². The molecule has 56 heavy (non-hydrogen) atoms. The van der Waals surface area contributed by atoms with E-state index in [1.54, 1.807) is 11.3 Å². The third-order valence-corrected chi connectivity index (χ3v) is 11.9. The van der Waals surface area contributed by atoms with Crippen LogP contribution in [0, 0.1) is 0 Å². The smallest absolute Gasteiger partial charge is 0.167 e. The van der Waals surface area contributed by atoms with Crippen LogP contribution in [0.3, 0.4) is 0 Å². The number of furan rings is 1. The third kappa shape index (κ3) is 5.40. The van der Waals surface area contributed by atoms with E-state index in [4.69, 9.17) is 19.4 Å². The van der Waals surface area contributed by atoms with Crippen LogP contribution >= 0.6 is 11.3 Å². The van der Waals surface area contributed by atoms with E-state index in [1.165, 1.54) is 32.2 Å². The van der Waals surface area contributed by atoms with E-state index in [9.17, 15) is 0 Å². The van der Waals surface area contributed by atoms with Crippen LogP contribution in [0.5, 0.6) is 0 Å². The number of benzene rings is 8. The second kappa shape index (κ2) is 13.3. The molecule has 0 bridgehead atoms. The minimum Gasteiger partial charge on any atom is -0.455 e. The average Bonchev–Trinajstić information content (AvgIpc) is 3.86. The molecule has 3 heterocycles. The zero-order valence-corrected chi connectivity index (χ0v) is 30.9. The molecule has 4 nitrogen and oxygen atoms in total. The van der Waals surface area contributed by atoms with Gasteiger partial charge >= 0.3 is 0 Å². The fraction of sp³-hybridized carbons (Fsp3) is 0. The van der Waals surface area contributed by atoms with Gasteiger partial charge in [-0.1, -0.05) is 170 Å². The highest BCUT2D eigenvalue weighted by atomic mass is 32.1. The predicted molar refractivity (Wildman–Crippen MR) is 233 cm³/mol. The molecule has 0 saturated carbocycles. The van der Waals surface area contributed by atoms with Gasteiger partial charge in [-0.3, -0.25) is 0 Å². The maximum absolute atomic E-state index is 6.93. The van der Waals surface area contributed by atoms with Crippen molar-refractivity contribution in [1.29, 1.82) is 0 Å². The lowest BCUT2D eigenvalue weighted by molar-refractivity contribution is 0.670. The minimum absolute atomic E-state index is 0.564. The van der Waals surface area contributed by atoms with E-state index in [1.807, 2.05) is 36.4 Å². The van der Waals surface area contributed by atoms with Crippen molar-refractivity contribution in [3.63, 3.8) is 0 Å². The Bertz CT molecular complexity index is 3240. The molecule has 0 spiro atoms. The van der Waals surface area contributed by atoms with Crippen LogP contribution in [-0.4, -0.2) is 15.0 Å². The molecule has 0 amide bonds. The fourth-order valence-corrected chi connectivity index (χ4v) is 9.24. The lowest BCUT2D eigenvalue weighted by Crippen LogP contribution is -2.00. The molecule has 0 radical (unpaired) electrons. The van der Waals surface area contributed by atoms with Crippen molar-refractivity contribution in [1.82, 2.24) is 15.0 Å².